The zero-order valence-corrected chi connectivity index (χ0v) is 9.32. The Labute approximate surface area is 91.3 Å². The molecule has 15 heavy (non-hydrogen) atoms. The van der Waals surface area contributed by atoms with Gasteiger partial charge in [-0.15, -0.1) is 0 Å². The van der Waals surface area contributed by atoms with Gasteiger partial charge in [-0.05, 0) is 50.4 Å². The monoisotopic (exact) mass is 202 g/mol. The summed E-state index contributed by atoms with van der Waals surface area (Å²) in [6.45, 7) is 4.75. The van der Waals surface area contributed by atoms with Crippen LogP contribution in [0.5, 0.6) is 0 Å². The number of aromatic nitrogens is 1. The van der Waals surface area contributed by atoms with Gasteiger partial charge in [0.1, 0.15) is 0 Å². The lowest BCUT2D eigenvalue weighted by Crippen LogP contribution is -2.25. The summed E-state index contributed by atoms with van der Waals surface area (Å²) < 4.78 is 0. The molecule has 0 N–H and O–H groups in total. The van der Waals surface area contributed by atoms with Crippen molar-refractivity contribution in [1.82, 2.24) is 9.88 Å². The van der Waals surface area contributed by atoms with Gasteiger partial charge in [-0.1, -0.05) is 6.07 Å². The van der Waals surface area contributed by atoms with Gasteiger partial charge in [0.25, 0.3) is 0 Å². The van der Waals surface area contributed by atoms with Crippen molar-refractivity contribution < 1.29 is 0 Å². The van der Waals surface area contributed by atoms with Crippen LogP contribution in [0.2, 0.25) is 0 Å². The van der Waals surface area contributed by atoms with Gasteiger partial charge < -0.3 is 0 Å². The fraction of sp³-hybridized carbons (Fsp3) is 0.615. The number of aryl methyl sites for hydroxylation is 1. The molecule has 2 aliphatic heterocycles. The molecule has 2 aliphatic rings. The van der Waals surface area contributed by atoms with E-state index in [1.165, 1.54) is 43.5 Å². The third-order valence-corrected chi connectivity index (χ3v) is 3.93. The molecule has 2 saturated heterocycles. The zero-order chi connectivity index (χ0) is 10.3. The standard InChI is InChI=1S/C13H18N2/c1-10-7-11(9-14-8-10)12-4-6-15-5-2-3-13(12)15/h7-9,12-13H,2-6H2,1H3. The molecular formula is C13H18N2. The molecule has 1 aromatic rings. The van der Waals surface area contributed by atoms with Gasteiger partial charge in [-0.25, -0.2) is 0 Å². The van der Waals surface area contributed by atoms with E-state index in [1.54, 1.807) is 0 Å². The van der Waals surface area contributed by atoms with Crippen molar-refractivity contribution in [2.24, 2.45) is 0 Å². The van der Waals surface area contributed by atoms with Gasteiger partial charge >= 0.3 is 0 Å². The molecule has 0 saturated carbocycles. The van der Waals surface area contributed by atoms with Gasteiger partial charge in [-0.3, -0.25) is 9.88 Å². The summed E-state index contributed by atoms with van der Waals surface area (Å²) in [6, 6.07) is 3.13. The van der Waals surface area contributed by atoms with Crippen LogP contribution < -0.4 is 0 Å². The molecule has 3 rings (SSSR count). The second-order valence-corrected chi connectivity index (χ2v) is 4.94. The lowest BCUT2D eigenvalue weighted by molar-refractivity contribution is 0.314. The molecule has 2 unspecified atom stereocenters. The Balaban J connectivity index is 1.88. The highest BCUT2D eigenvalue weighted by Gasteiger charge is 2.37. The van der Waals surface area contributed by atoms with Crippen molar-refractivity contribution in [3.8, 4) is 0 Å². The first-order valence-electron chi connectivity index (χ1n) is 6.00. The van der Waals surface area contributed by atoms with Crippen LogP contribution >= 0.6 is 0 Å². The summed E-state index contributed by atoms with van der Waals surface area (Å²) in [5.74, 6) is 0.750. The van der Waals surface area contributed by atoms with Crippen LogP contribution in [0, 0.1) is 6.92 Å². The maximum absolute atomic E-state index is 4.32. The summed E-state index contributed by atoms with van der Waals surface area (Å²) in [5.41, 5.74) is 2.76. The van der Waals surface area contributed by atoms with Gasteiger partial charge in [0.15, 0.2) is 0 Å². The molecule has 2 atom stereocenters. The zero-order valence-electron chi connectivity index (χ0n) is 9.32. The van der Waals surface area contributed by atoms with Gasteiger partial charge in [0.05, 0.1) is 0 Å². The predicted molar refractivity (Wildman–Crippen MR) is 60.9 cm³/mol. The van der Waals surface area contributed by atoms with Crippen molar-refractivity contribution in [2.45, 2.75) is 38.1 Å². The van der Waals surface area contributed by atoms with Crippen molar-refractivity contribution in [1.29, 1.82) is 0 Å². The van der Waals surface area contributed by atoms with Crippen LogP contribution in [0.15, 0.2) is 18.5 Å². The summed E-state index contributed by atoms with van der Waals surface area (Å²) >= 11 is 0. The van der Waals surface area contributed by atoms with Crippen LogP contribution in [-0.4, -0.2) is 29.0 Å². The average molecular weight is 202 g/mol. The van der Waals surface area contributed by atoms with E-state index in [9.17, 15) is 0 Å². The molecule has 2 heteroatoms. The van der Waals surface area contributed by atoms with E-state index >= 15 is 0 Å². The first-order valence-corrected chi connectivity index (χ1v) is 6.00. The lowest BCUT2D eigenvalue weighted by atomic mass is 9.91. The van der Waals surface area contributed by atoms with Crippen molar-refractivity contribution >= 4 is 0 Å². The van der Waals surface area contributed by atoms with Gasteiger partial charge in [0.2, 0.25) is 0 Å². The highest BCUT2D eigenvalue weighted by atomic mass is 15.2. The molecule has 1 aromatic heterocycles. The molecule has 2 fully saturated rings. The third kappa shape index (κ3) is 1.57. The number of rotatable bonds is 1. The first-order chi connectivity index (χ1) is 7.34. The fourth-order valence-corrected chi connectivity index (χ4v) is 3.25. The molecule has 3 heterocycles. The Hall–Kier alpha value is -0.890. The summed E-state index contributed by atoms with van der Waals surface area (Å²) in [4.78, 5) is 6.98. The molecular weight excluding hydrogens is 184 g/mol. The SMILES string of the molecule is Cc1cncc(C2CCN3CCCC23)c1. The molecule has 0 aromatic carbocycles. The van der Waals surface area contributed by atoms with Crippen molar-refractivity contribution in [3.05, 3.63) is 29.6 Å². The average Bonchev–Trinajstić information content (AvgIpc) is 2.77. The van der Waals surface area contributed by atoms with E-state index in [2.05, 4.69) is 29.1 Å². The maximum Gasteiger partial charge on any atom is 0.0303 e. The van der Waals surface area contributed by atoms with Crippen LogP contribution in [0.1, 0.15) is 36.3 Å². The Bertz CT molecular complexity index is 361. The summed E-state index contributed by atoms with van der Waals surface area (Å²) in [6.07, 6.45) is 8.12. The van der Waals surface area contributed by atoms with E-state index in [0.717, 1.165) is 12.0 Å². The van der Waals surface area contributed by atoms with E-state index in [4.69, 9.17) is 0 Å². The highest BCUT2D eigenvalue weighted by molar-refractivity contribution is 5.24. The smallest absolute Gasteiger partial charge is 0.0303 e. The van der Waals surface area contributed by atoms with Crippen LogP contribution in [0.4, 0.5) is 0 Å². The van der Waals surface area contributed by atoms with Crippen molar-refractivity contribution in [3.63, 3.8) is 0 Å². The van der Waals surface area contributed by atoms with E-state index < -0.39 is 0 Å². The summed E-state index contributed by atoms with van der Waals surface area (Å²) in [7, 11) is 0. The third-order valence-electron chi connectivity index (χ3n) is 3.93. The quantitative estimate of drug-likeness (QED) is 0.695. The minimum atomic E-state index is 0.750. The normalized spacial score (nSPS) is 30.7. The Kier molecular flexibility index (Phi) is 2.24. The number of pyridine rings is 1. The maximum atomic E-state index is 4.32. The van der Waals surface area contributed by atoms with Gasteiger partial charge in [-0.2, -0.15) is 0 Å². The van der Waals surface area contributed by atoms with Crippen LogP contribution in [0.3, 0.4) is 0 Å². The molecule has 2 nitrogen and oxygen atoms in total. The van der Waals surface area contributed by atoms with Crippen LogP contribution in [-0.2, 0) is 0 Å². The predicted octanol–water partition coefficient (Wildman–Crippen LogP) is 2.34. The number of nitrogens with zero attached hydrogens (tertiary/aromatic N) is 2. The number of hydrogen-bond donors (Lipinski definition) is 0. The van der Waals surface area contributed by atoms with Gasteiger partial charge in [0, 0.05) is 24.4 Å². The molecule has 0 spiro atoms. The number of hydrogen-bond acceptors (Lipinski definition) is 2. The molecule has 0 amide bonds. The van der Waals surface area contributed by atoms with E-state index in [-0.39, 0.29) is 0 Å². The lowest BCUT2D eigenvalue weighted by Gasteiger charge is -2.20. The van der Waals surface area contributed by atoms with Crippen molar-refractivity contribution in [2.75, 3.05) is 13.1 Å². The number of fused-ring (bicyclic) bond motifs is 1. The second kappa shape index (κ2) is 3.60. The molecule has 0 radical (unpaired) electrons. The molecule has 80 valence electrons. The molecule has 0 bridgehead atoms. The second-order valence-electron chi connectivity index (χ2n) is 4.94. The topological polar surface area (TPSA) is 16.1 Å². The van der Waals surface area contributed by atoms with E-state index in [1.807, 2.05) is 6.20 Å². The Morgan fingerprint density at radius 1 is 1.27 bits per heavy atom. The fourth-order valence-electron chi connectivity index (χ4n) is 3.25. The van der Waals surface area contributed by atoms with E-state index in [0.29, 0.717) is 0 Å². The molecule has 0 aliphatic carbocycles. The largest absolute Gasteiger partial charge is 0.300 e. The minimum absolute atomic E-state index is 0.750. The Morgan fingerprint density at radius 3 is 3.07 bits per heavy atom. The Morgan fingerprint density at radius 2 is 2.20 bits per heavy atom. The highest BCUT2D eigenvalue weighted by Crippen LogP contribution is 2.39. The van der Waals surface area contributed by atoms with Crippen LogP contribution in [0.25, 0.3) is 0 Å². The summed E-state index contributed by atoms with van der Waals surface area (Å²) in [5, 5.41) is 0. The minimum Gasteiger partial charge on any atom is -0.300 e. The first kappa shape index (κ1) is 9.34.